The number of rotatable bonds is 7. The largest absolute Gasteiger partial charge is 0.355 e. The van der Waals surface area contributed by atoms with E-state index >= 15 is 0 Å². The molecule has 1 heterocycles. The van der Waals surface area contributed by atoms with Gasteiger partial charge in [-0.1, -0.05) is 0 Å². The van der Waals surface area contributed by atoms with Crippen LogP contribution < -0.4 is 10.6 Å². The number of sulfone groups is 1. The maximum Gasteiger partial charge on any atom is 0.236 e. The van der Waals surface area contributed by atoms with Crippen LogP contribution in [0.3, 0.4) is 0 Å². The average molecular weight is 305 g/mol. The van der Waals surface area contributed by atoms with Gasteiger partial charge in [-0.25, -0.2) is 8.42 Å². The first kappa shape index (κ1) is 16.9. The number of nitrogens with one attached hydrogen (secondary N) is 2. The minimum atomic E-state index is -2.98. The second-order valence-corrected chi connectivity index (χ2v) is 7.13. The number of hydrogen-bond donors (Lipinski definition) is 2. The smallest absolute Gasteiger partial charge is 0.236 e. The lowest BCUT2D eigenvalue weighted by atomic mass is 10.2. The van der Waals surface area contributed by atoms with Crippen molar-refractivity contribution >= 4 is 21.7 Å². The van der Waals surface area contributed by atoms with Gasteiger partial charge >= 0.3 is 0 Å². The van der Waals surface area contributed by atoms with Crippen molar-refractivity contribution in [2.75, 3.05) is 37.7 Å². The lowest BCUT2D eigenvalue weighted by Gasteiger charge is -2.27. The molecule has 1 atom stereocenters. The van der Waals surface area contributed by atoms with E-state index in [0.717, 1.165) is 0 Å². The summed E-state index contributed by atoms with van der Waals surface area (Å²) in [5.74, 6) is 0.0254. The first-order valence-electron chi connectivity index (χ1n) is 6.80. The highest BCUT2D eigenvalue weighted by atomic mass is 32.2. The van der Waals surface area contributed by atoms with Gasteiger partial charge in [-0.05, 0) is 13.3 Å². The lowest BCUT2D eigenvalue weighted by molar-refractivity contribution is -0.131. The van der Waals surface area contributed by atoms with Gasteiger partial charge in [0.2, 0.25) is 11.8 Å². The van der Waals surface area contributed by atoms with Gasteiger partial charge in [-0.15, -0.1) is 0 Å². The minimum Gasteiger partial charge on any atom is -0.355 e. The molecule has 0 radical (unpaired) electrons. The van der Waals surface area contributed by atoms with E-state index in [2.05, 4.69) is 10.6 Å². The van der Waals surface area contributed by atoms with Crippen LogP contribution in [-0.4, -0.2) is 68.9 Å². The third-order valence-corrected chi connectivity index (χ3v) is 5.01. The summed E-state index contributed by atoms with van der Waals surface area (Å²) >= 11 is 0. The van der Waals surface area contributed by atoms with Gasteiger partial charge in [-0.3, -0.25) is 9.59 Å². The molecular formula is C12H23N3O4S. The molecular weight excluding hydrogens is 282 g/mol. The zero-order chi connectivity index (χ0) is 15.2. The van der Waals surface area contributed by atoms with E-state index in [4.69, 9.17) is 0 Å². The fourth-order valence-corrected chi connectivity index (χ4v) is 4.01. The predicted octanol–water partition coefficient (Wildman–Crippen LogP) is -1.25. The molecule has 2 N–H and O–H groups in total. The molecule has 1 fully saturated rings. The Morgan fingerprint density at radius 3 is 2.50 bits per heavy atom. The molecule has 1 aliphatic rings. The maximum absolute atomic E-state index is 12.1. The highest BCUT2D eigenvalue weighted by Gasteiger charge is 2.33. The van der Waals surface area contributed by atoms with Gasteiger partial charge in [0.05, 0.1) is 18.1 Å². The van der Waals surface area contributed by atoms with Gasteiger partial charge < -0.3 is 15.5 Å². The molecule has 0 bridgehead atoms. The van der Waals surface area contributed by atoms with Crippen LogP contribution in [0, 0.1) is 0 Å². The van der Waals surface area contributed by atoms with Crippen LogP contribution in [-0.2, 0) is 19.4 Å². The van der Waals surface area contributed by atoms with Crippen LogP contribution in [0.25, 0.3) is 0 Å². The topological polar surface area (TPSA) is 95.6 Å². The molecule has 1 unspecified atom stereocenters. The van der Waals surface area contributed by atoms with Gasteiger partial charge in [-0.2, -0.15) is 0 Å². The summed E-state index contributed by atoms with van der Waals surface area (Å²) in [6.45, 7) is 4.92. The molecule has 7 nitrogen and oxygen atoms in total. The van der Waals surface area contributed by atoms with E-state index in [-0.39, 0.29) is 35.9 Å². The number of likely N-dealkylation sites (N-methyl/N-ethyl adjacent to an activating group) is 1. The van der Waals surface area contributed by atoms with Gasteiger partial charge in [0, 0.05) is 32.6 Å². The molecule has 0 aromatic rings. The van der Waals surface area contributed by atoms with E-state index in [9.17, 15) is 18.0 Å². The summed E-state index contributed by atoms with van der Waals surface area (Å²) in [4.78, 5) is 24.3. The molecule has 20 heavy (non-hydrogen) atoms. The van der Waals surface area contributed by atoms with Crippen molar-refractivity contribution in [3.8, 4) is 0 Å². The molecule has 2 amide bonds. The Morgan fingerprint density at radius 2 is 2.00 bits per heavy atom. The molecule has 8 heteroatoms. The molecule has 0 spiro atoms. The molecule has 1 rings (SSSR count). The molecule has 0 aromatic carbocycles. The monoisotopic (exact) mass is 305 g/mol. The Balaban J connectivity index is 2.34. The second kappa shape index (κ2) is 7.58. The van der Waals surface area contributed by atoms with Crippen LogP contribution in [0.2, 0.25) is 0 Å². The van der Waals surface area contributed by atoms with E-state index in [1.165, 1.54) is 6.92 Å². The van der Waals surface area contributed by atoms with Crippen LogP contribution in [0.1, 0.15) is 20.3 Å². The van der Waals surface area contributed by atoms with Crippen molar-refractivity contribution in [2.24, 2.45) is 0 Å². The van der Waals surface area contributed by atoms with Crippen LogP contribution in [0.5, 0.6) is 0 Å². The summed E-state index contributed by atoms with van der Waals surface area (Å²) in [5, 5.41) is 5.57. The molecule has 0 aromatic heterocycles. The molecule has 116 valence electrons. The summed E-state index contributed by atoms with van der Waals surface area (Å²) in [5.41, 5.74) is 0. The SMILES string of the molecule is CCN(C(=O)CNCCNC(C)=O)C1CCS(=O)(=O)C1. The van der Waals surface area contributed by atoms with Crippen molar-refractivity contribution in [3.05, 3.63) is 0 Å². The normalized spacial score (nSPS) is 20.6. The first-order chi connectivity index (χ1) is 9.35. The van der Waals surface area contributed by atoms with E-state index in [1.807, 2.05) is 6.92 Å². The zero-order valence-corrected chi connectivity index (χ0v) is 12.8. The molecule has 1 saturated heterocycles. The van der Waals surface area contributed by atoms with Crippen molar-refractivity contribution in [2.45, 2.75) is 26.3 Å². The number of amides is 2. The first-order valence-corrected chi connectivity index (χ1v) is 8.63. The molecule has 0 saturated carbocycles. The standard InChI is InChI=1S/C12H23N3O4S/c1-3-15(11-4-7-20(18,19)9-11)12(17)8-13-5-6-14-10(2)16/h11,13H,3-9H2,1-2H3,(H,14,16). The van der Waals surface area contributed by atoms with Crippen molar-refractivity contribution in [3.63, 3.8) is 0 Å². The summed E-state index contributed by atoms with van der Waals surface area (Å²) < 4.78 is 22.9. The van der Waals surface area contributed by atoms with Crippen LogP contribution >= 0.6 is 0 Å². The van der Waals surface area contributed by atoms with E-state index in [1.54, 1.807) is 4.90 Å². The molecule has 0 aliphatic carbocycles. The predicted molar refractivity (Wildman–Crippen MR) is 76.0 cm³/mol. The van der Waals surface area contributed by atoms with E-state index in [0.29, 0.717) is 26.1 Å². The summed E-state index contributed by atoms with van der Waals surface area (Å²) in [6, 6.07) is -0.199. The van der Waals surface area contributed by atoms with Crippen LogP contribution in [0.15, 0.2) is 0 Å². The highest BCUT2D eigenvalue weighted by molar-refractivity contribution is 7.91. The lowest BCUT2D eigenvalue weighted by Crippen LogP contribution is -2.46. The fraction of sp³-hybridized carbons (Fsp3) is 0.833. The van der Waals surface area contributed by atoms with Gasteiger partial charge in [0.15, 0.2) is 9.84 Å². The number of hydrogen-bond acceptors (Lipinski definition) is 5. The number of carbonyl (C=O) groups is 2. The Kier molecular flexibility index (Phi) is 6.41. The third-order valence-electron chi connectivity index (χ3n) is 3.26. The zero-order valence-electron chi connectivity index (χ0n) is 12.0. The van der Waals surface area contributed by atoms with Crippen molar-refractivity contribution < 1.29 is 18.0 Å². The molecule has 1 aliphatic heterocycles. The Bertz CT molecular complexity index is 450. The number of nitrogens with zero attached hydrogens (tertiary/aromatic N) is 1. The number of carbonyl (C=O) groups excluding carboxylic acids is 2. The third kappa shape index (κ3) is 5.46. The van der Waals surface area contributed by atoms with Crippen LogP contribution in [0.4, 0.5) is 0 Å². The minimum absolute atomic E-state index is 0.0679. The summed E-state index contributed by atoms with van der Waals surface area (Å²) in [6.07, 6.45) is 0.522. The Labute approximate surface area is 120 Å². The fourth-order valence-electron chi connectivity index (χ4n) is 2.28. The highest BCUT2D eigenvalue weighted by Crippen LogP contribution is 2.17. The van der Waals surface area contributed by atoms with Crippen molar-refractivity contribution in [1.29, 1.82) is 0 Å². The Morgan fingerprint density at radius 1 is 1.30 bits per heavy atom. The average Bonchev–Trinajstić information content (AvgIpc) is 2.69. The Hall–Kier alpha value is -1.15. The quantitative estimate of drug-likeness (QED) is 0.573. The second-order valence-electron chi connectivity index (χ2n) is 4.90. The van der Waals surface area contributed by atoms with Gasteiger partial charge in [0.1, 0.15) is 0 Å². The summed E-state index contributed by atoms with van der Waals surface area (Å²) in [7, 11) is -2.98. The van der Waals surface area contributed by atoms with E-state index < -0.39 is 9.84 Å². The maximum atomic E-state index is 12.1. The van der Waals surface area contributed by atoms with Gasteiger partial charge in [0.25, 0.3) is 0 Å². The van der Waals surface area contributed by atoms with Crippen molar-refractivity contribution in [1.82, 2.24) is 15.5 Å².